The van der Waals surface area contributed by atoms with Crippen molar-refractivity contribution in [2.75, 3.05) is 36.0 Å². The summed E-state index contributed by atoms with van der Waals surface area (Å²) < 4.78 is 0. The Kier molecular flexibility index (Phi) is 10.3. The van der Waals surface area contributed by atoms with Gasteiger partial charge in [0.05, 0.1) is 10.8 Å². The minimum Gasteiger partial charge on any atom is -0.317 e. The molecule has 0 bridgehead atoms. The summed E-state index contributed by atoms with van der Waals surface area (Å²) in [5.41, 5.74) is 9.69. The molecule has 7 nitrogen and oxygen atoms in total. The molecule has 0 radical (unpaired) electrons. The highest BCUT2D eigenvalue weighted by molar-refractivity contribution is 6.15. The third-order valence-corrected chi connectivity index (χ3v) is 16.9. The Bertz CT molecular complexity index is 2830. The molecule has 65 heavy (non-hydrogen) atoms. The monoisotopic (exact) mass is 860 g/mol. The van der Waals surface area contributed by atoms with E-state index in [1.807, 2.05) is 24.3 Å². The number of piperidine rings is 2. The Balaban J connectivity index is 0.000000114. The van der Waals surface area contributed by atoms with Gasteiger partial charge in [0, 0.05) is 54.6 Å². The summed E-state index contributed by atoms with van der Waals surface area (Å²) in [5, 5.41) is 8.60. The predicted molar refractivity (Wildman–Crippen MR) is 261 cm³/mol. The quantitative estimate of drug-likeness (QED) is 0.192. The molecule has 2 saturated carbocycles. The Morgan fingerprint density at radius 1 is 0.508 bits per heavy atom. The van der Waals surface area contributed by atoms with Gasteiger partial charge >= 0.3 is 0 Å². The number of anilines is 2. The summed E-state index contributed by atoms with van der Waals surface area (Å²) in [5.74, 6) is 1.04. The fraction of sp³-hybridized carbons (Fsp3) is 0.397. The summed E-state index contributed by atoms with van der Waals surface area (Å²) in [4.78, 5) is 45.6. The van der Waals surface area contributed by atoms with Crippen LogP contribution in [0.4, 0.5) is 11.4 Å². The van der Waals surface area contributed by atoms with Gasteiger partial charge in [-0.25, -0.2) is 0 Å². The van der Waals surface area contributed by atoms with Crippen LogP contribution in [0.5, 0.6) is 0 Å². The molecule has 6 aromatic rings. The summed E-state index contributed by atoms with van der Waals surface area (Å²) in [6.07, 6.45) is 14.9. The first-order valence-corrected chi connectivity index (χ1v) is 24.8. The molecule has 4 fully saturated rings. The van der Waals surface area contributed by atoms with Gasteiger partial charge in [0.1, 0.15) is 0 Å². The van der Waals surface area contributed by atoms with Crippen molar-refractivity contribution in [3.05, 3.63) is 155 Å². The Morgan fingerprint density at radius 3 is 1.62 bits per heavy atom. The number of carbonyl (C=O) groups excluding carboxylic acids is 3. The molecule has 4 heterocycles. The highest BCUT2D eigenvalue weighted by atomic mass is 16.2. The molecule has 330 valence electrons. The molecule has 6 aromatic carbocycles. The maximum absolute atomic E-state index is 13.8. The molecule has 2 saturated heterocycles. The van der Waals surface area contributed by atoms with Crippen LogP contribution in [0.1, 0.15) is 121 Å². The van der Waals surface area contributed by atoms with Crippen molar-refractivity contribution in [1.82, 2.24) is 10.2 Å². The van der Waals surface area contributed by atoms with Crippen molar-refractivity contribution in [2.24, 2.45) is 0 Å². The summed E-state index contributed by atoms with van der Waals surface area (Å²) in [6, 6.07) is 44.0. The summed E-state index contributed by atoms with van der Waals surface area (Å²) in [7, 11) is 0. The number of nitrogens with zero attached hydrogens (tertiary/aromatic N) is 3. The topological polar surface area (TPSA) is 73.0 Å². The number of benzene rings is 6. The fourth-order valence-electron chi connectivity index (χ4n) is 13.9. The van der Waals surface area contributed by atoms with Crippen LogP contribution < -0.4 is 15.1 Å². The molecule has 1 N–H and O–H groups in total. The van der Waals surface area contributed by atoms with Gasteiger partial charge < -0.3 is 15.1 Å². The molecule has 8 aliphatic rings. The van der Waals surface area contributed by atoms with Gasteiger partial charge in [0.15, 0.2) is 5.78 Å². The number of Topliss-reactive ketones (excluding diaryl/α,β-unsaturated/α-hetero) is 1. The lowest BCUT2D eigenvalue weighted by Crippen LogP contribution is -2.49. The van der Waals surface area contributed by atoms with Crippen LogP contribution in [0.3, 0.4) is 0 Å². The van der Waals surface area contributed by atoms with Crippen molar-refractivity contribution in [1.29, 1.82) is 0 Å². The number of ketones is 1. The third-order valence-electron chi connectivity index (χ3n) is 16.9. The molecule has 4 aliphatic heterocycles. The molecule has 2 amide bonds. The average molecular weight is 861 g/mol. The van der Waals surface area contributed by atoms with Gasteiger partial charge in [0.2, 0.25) is 11.8 Å². The number of likely N-dealkylation sites (tertiary alicyclic amines) is 1. The first-order chi connectivity index (χ1) is 31.9. The van der Waals surface area contributed by atoms with Crippen molar-refractivity contribution in [3.8, 4) is 0 Å². The van der Waals surface area contributed by atoms with E-state index in [0.717, 1.165) is 94.9 Å². The highest BCUT2D eigenvalue weighted by Gasteiger charge is 2.55. The Hall–Kier alpha value is -5.63. The zero-order valence-electron chi connectivity index (χ0n) is 37.6. The van der Waals surface area contributed by atoms with Crippen molar-refractivity contribution >= 4 is 50.5 Å². The van der Waals surface area contributed by atoms with E-state index in [1.165, 1.54) is 81.0 Å². The van der Waals surface area contributed by atoms with E-state index in [9.17, 15) is 14.4 Å². The molecular formula is C58H60N4O3. The Morgan fingerprint density at radius 2 is 1.02 bits per heavy atom. The smallest absolute Gasteiger partial charge is 0.237 e. The average Bonchev–Trinajstić information content (AvgIpc) is 4.23. The van der Waals surface area contributed by atoms with Gasteiger partial charge in [-0.05, 0) is 132 Å². The van der Waals surface area contributed by atoms with Gasteiger partial charge in [-0.3, -0.25) is 19.3 Å². The molecule has 14 rings (SSSR count). The molecule has 7 heteroatoms. The largest absolute Gasteiger partial charge is 0.317 e. The summed E-state index contributed by atoms with van der Waals surface area (Å²) >= 11 is 0. The van der Waals surface area contributed by atoms with Crippen molar-refractivity contribution < 1.29 is 14.4 Å². The lowest BCUT2D eigenvalue weighted by atomic mass is 9.80. The van der Waals surface area contributed by atoms with Crippen LogP contribution in [0, 0.1) is 0 Å². The number of fused-ring (bicyclic) bond motifs is 4. The number of hydrogen-bond donors (Lipinski definition) is 1. The number of para-hydroxylation sites is 2. The molecule has 2 spiro atoms. The number of amides is 2. The van der Waals surface area contributed by atoms with E-state index in [-0.39, 0.29) is 16.6 Å². The van der Waals surface area contributed by atoms with Crippen molar-refractivity contribution in [2.45, 2.75) is 119 Å². The van der Waals surface area contributed by atoms with E-state index >= 15 is 0 Å². The van der Waals surface area contributed by atoms with Crippen LogP contribution in [0.25, 0.3) is 21.5 Å². The number of rotatable bonds is 3. The van der Waals surface area contributed by atoms with Crippen LogP contribution in [0.15, 0.2) is 121 Å². The lowest BCUT2D eigenvalue weighted by molar-refractivity contribution is -0.124. The minimum atomic E-state index is -0.226. The summed E-state index contributed by atoms with van der Waals surface area (Å²) in [6.45, 7) is 4.20. The molecule has 4 aliphatic carbocycles. The number of carbonyl (C=O) groups is 3. The van der Waals surface area contributed by atoms with Crippen LogP contribution in [0.2, 0.25) is 0 Å². The zero-order valence-corrected chi connectivity index (χ0v) is 37.6. The SMILES string of the molecule is O=C1Cc2cccc3cccc1c23.O=C1N(C2CCN(C3Cc4cccc5cccc3c45)CC2)c2ccccc2C12CCCC2.O=C1N(C2CCNCC2)c2ccccc2C12CCCC2. The van der Waals surface area contributed by atoms with Gasteiger partial charge in [-0.15, -0.1) is 0 Å². The molecule has 1 unspecified atom stereocenters. The second-order valence-electron chi connectivity index (χ2n) is 20.2. The molecule has 1 atom stereocenters. The maximum Gasteiger partial charge on any atom is 0.237 e. The fourth-order valence-corrected chi connectivity index (χ4v) is 13.9. The van der Waals surface area contributed by atoms with E-state index in [2.05, 4.69) is 117 Å². The standard InChI is InChI=1S/C29H30N2O.C17H22N2O.C12H8O/c32-28-29(15-3-4-16-29)24-11-1-2-12-25(24)31(28)22-13-17-30(18-14-22)26-19-21-9-5-7-20-8-6-10-23(26)27(20)21;20-16-17(9-3-4-10-17)14-5-1-2-6-15(14)19(16)13-7-11-18-12-8-13;13-11-7-9-5-1-3-8-4-2-6-10(11)12(8)9/h1-2,5-12,22,26H,3-4,13-19H2;1-2,5-6,13,18H,3-4,7-12H2;1-6H,7H2. The molecular weight excluding hydrogens is 801 g/mol. The van der Waals surface area contributed by atoms with Gasteiger partial charge in [-0.2, -0.15) is 0 Å². The molecule has 0 aromatic heterocycles. The number of nitrogens with one attached hydrogen (secondary N) is 1. The maximum atomic E-state index is 13.8. The van der Waals surface area contributed by atoms with E-state index in [4.69, 9.17) is 0 Å². The van der Waals surface area contributed by atoms with Gasteiger partial charge in [-0.1, -0.05) is 135 Å². The van der Waals surface area contributed by atoms with E-state index in [0.29, 0.717) is 36.4 Å². The van der Waals surface area contributed by atoms with Crippen LogP contribution in [-0.2, 0) is 33.3 Å². The Labute approximate surface area is 383 Å². The number of hydrogen-bond acceptors (Lipinski definition) is 5. The lowest BCUT2D eigenvalue weighted by Gasteiger charge is -2.40. The van der Waals surface area contributed by atoms with E-state index < -0.39 is 0 Å². The van der Waals surface area contributed by atoms with Crippen LogP contribution >= 0.6 is 0 Å². The normalized spacial score (nSPS) is 22.8. The van der Waals surface area contributed by atoms with Gasteiger partial charge in [0.25, 0.3) is 0 Å². The predicted octanol–water partition coefficient (Wildman–Crippen LogP) is 10.9. The second-order valence-corrected chi connectivity index (χ2v) is 20.2. The second kappa shape index (κ2) is 16.4. The first kappa shape index (κ1) is 40.8. The third kappa shape index (κ3) is 6.54. The zero-order chi connectivity index (χ0) is 43.7. The van der Waals surface area contributed by atoms with E-state index in [1.54, 1.807) is 0 Å². The highest BCUT2D eigenvalue weighted by Crippen LogP contribution is 2.54. The first-order valence-electron chi connectivity index (χ1n) is 24.8. The van der Waals surface area contributed by atoms with Crippen molar-refractivity contribution in [3.63, 3.8) is 0 Å². The van der Waals surface area contributed by atoms with Crippen LogP contribution in [-0.4, -0.2) is 60.8 Å². The minimum absolute atomic E-state index is 0.179.